The van der Waals surface area contributed by atoms with Gasteiger partial charge in [0.25, 0.3) is 0 Å². The van der Waals surface area contributed by atoms with Crippen LogP contribution in [0, 0.1) is 0 Å². The second-order valence-electron chi connectivity index (χ2n) is 3.61. The first-order chi connectivity index (χ1) is 5.84. The molecule has 12 heavy (non-hydrogen) atoms. The van der Waals surface area contributed by atoms with Crippen LogP contribution in [0.2, 0.25) is 0 Å². The summed E-state index contributed by atoms with van der Waals surface area (Å²) >= 11 is 2.07. The molecule has 0 N–H and O–H groups in total. The molecule has 1 nitrogen and oxygen atoms in total. The van der Waals surface area contributed by atoms with Gasteiger partial charge < -0.3 is 0 Å². The molecule has 0 aromatic rings. The predicted molar refractivity (Wildman–Crippen MR) is 57.9 cm³/mol. The van der Waals surface area contributed by atoms with Crippen LogP contribution in [0.15, 0.2) is 0 Å². The van der Waals surface area contributed by atoms with Crippen LogP contribution in [0.25, 0.3) is 0 Å². The van der Waals surface area contributed by atoms with Gasteiger partial charge in [-0.05, 0) is 38.6 Å². The second kappa shape index (κ2) is 5.87. The van der Waals surface area contributed by atoms with Gasteiger partial charge in [-0.25, -0.2) is 0 Å². The SMILES string of the molecule is CCSCC(C)N1CCCCC1. The third kappa shape index (κ3) is 3.36. The first kappa shape index (κ1) is 10.4. The number of rotatable bonds is 4. The van der Waals surface area contributed by atoms with Gasteiger partial charge in [0, 0.05) is 11.8 Å². The quantitative estimate of drug-likeness (QED) is 0.665. The standard InChI is InChI=1S/C10H21NS/c1-3-12-9-10(2)11-7-5-4-6-8-11/h10H,3-9H2,1-2H3. The average Bonchev–Trinajstić information content (AvgIpc) is 2.15. The Balaban J connectivity index is 2.15. The molecule has 1 atom stereocenters. The van der Waals surface area contributed by atoms with Gasteiger partial charge >= 0.3 is 0 Å². The molecule has 2 heteroatoms. The molecular weight excluding hydrogens is 166 g/mol. The van der Waals surface area contributed by atoms with Crippen molar-refractivity contribution in [2.75, 3.05) is 24.6 Å². The van der Waals surface area contributed by atoms with E-state index in [-0.39, 0.29) is 0 Å². The van der Waals surface area contributed by atoms with Crippen LogP contribution < -0.4 is 0 Å². The lowest BCUT2D eigenvalue weighted by atomic mass is 10.1. The largest absolute Gasteiger partial charge is 0.300 e. The second-order valence-corrected chi connectivity index (χ2v) is 4.92. The van der Waals surface area contributed by atoms with E-state index < -0.39 is 0 Å². The first-order valence-electron chi connectivity index (χ1n) is 5.16. The maximum Gasteiger partial charge on any atom is 0.0158 e. The van der Waals surface area contributed by atoms with Crippen LogP contribution in [0.4, 0.5) is 0 Å². The highest BCUT2D eigenvalue weighted by atomic mass is 32.2. The highest BCUT2D eigenvalue weighted by molar-refractivity contribution is 7.99. The zero-order valence-electron chi connectivity index (χ0n) is 8.38. The fraction of sp³-hybridized carbons (Fsp3) is 1.00. The molecule has 1 rings (SSSR count). The molecule has 0 aliphatic carbocycles. The maximum absolute atomic E-state index is 2.64. The number of nitrogens with zero attached hydrogens (tertiary/aromatic N) is 1. The Kier molecular flexibility index (Phi) is 5.08. The van der Waals surface area contributed by atoms with Gasteiger partial charge in [-0.2, -0.15) is 11.8 Å². The lowest BCUT2D eigenvalue weighted by molar-refractivity contribution is 0.187. The predicted octanol–water partition coefficient (Wildman–Crippen LogP) is 2.61. The molecule has 0 saturated carbocycles. The van der Waals surface area contributed by atoms with E-state index in [0.717, 1.165) is 6.04 Å². The Morgan fingerprint density at radius 3 is 2.50 bits per heavy atom. The fourth-order valence-electron chi connectivity index (χ4n) is 1.75. The van der Waals surface area contributed by atoms with Crippen molar-refractivity contribution in [1.82, 2.24) is 4.90 Å². The van der Waals surface area contributed by atoms with E-state index >= 15 is 0 Å². The van der Waals surface area contributed by atoms with Crippen molar-refractivity contribution in [3.63, 3.8) is 0 Å². The summed E-state index contributed by atoms with van der Waals surface area (Å²) in [6.45, 7) is 7.29. The number of hydrogen-bond acceptors (Lipinski definition) is 2. The maximum atomic E-state index is 2.64. The summed E-state index contributed by atoms with van der Waals surface area (Å²) < 4.78 is 0. The lowest BCUT2D eigenvalue weighted by Crippen LogP contribution is -2.38. The Hall–Kier alpha value is 0.310. The molecule has 1 unspecified atom stereocenters. The highest BCUT2D eigenvalue weighted by Crippen LogP contribution is 2.14. The van der Waals surface area contributed by atoms with E-state index in [1.807, 2.05) is 0 Å². The van der Waals surface area contributed by atoms with E-state index in [0.29, 0.717) is 0 Å². The molecule has 1 aliphatic rings. The van der Waals surface area contributed by atoms with Crippen molar-refractivity contribution >= 4 is 11.8 Å². The monoisotopic (exact) mass is 187 g/mol. The number of piperidine rings is 1. The van der Waals surface area contributed by atoms with Gasteiger partial charge in [-0.1, -0.05) is 13.3 Å². The van der Waals surface area contributed by atoms with Crippen LogP contribution in [-0.4, -0.2) is 35.5 Å². The van der Waals surface area contributed by atoms with Crippen molar-refractivity contribution in [1.29, 1.82) is 0 Å². The Morgan fingerprint density at radius 2 is 1.92 bits per heavy atom. The number of hydrogen-bond donors (Lipinski definition) is 0. The zero-order valence-corrected chi connectivity index (χ0v) is 9.20. The zero-order chi connectivity index (χ0) is 8.81. The minimum atomic E-state index is 0.801. The summed E-state index contributed by atoms with van der Waals surface area (Å²) in [6.07, 6.45) is 4.28. The fourth-order valence-corrected chi connectivity index (χ4v) is 2.54. The summed E-state index contributed by atoms with van der Waals surface area (Å²) in [7, 11) is 0. The summed E-state index contributed by atoms with van der Waals surface area (Å²) in [5.74, 6) is 2.58. The summed E-state index contributed by atoms with van der Waals surface area (Å²) in [5, 5.41) is 0. The summed E-state index contributed by atoms with van der Waals surface area (Å²) in [4.78, 5) is 2.64. The number of thioether (sulfide) groups is 1. The molecule has 1 saturated heterocycles. The first-order valence-corrected chi connectivity index (χ1v) is 6.32. The van der Waals surface area contributed by atoms with E-state index in [1.165, 1.54) is 43.9 Å². The van der Waals surface area contributed by atoms with E-state index in [2.05, 4.69) is 30.5 Å². The topological polar surface area (TPSA) is 3.24 Å². The Bertz CT molecular complexity index is 110. The molecule has 0 aromatic heterocycles. The van der Waals surface area contributed by atoms with Crippen LogP contribution in [-0.2, 0) is 0 Å². The van der Waals surface area contributed by atoms with Crippen molar-refractivity contribution in [3.05, 3.63) is 0 Å². The summed E-state index contributed by atoms with van der Waals surface area (Å²) in [6, 6.07) is 0.801. The van der Waals surface area contributed by atoms with E-state index in [9.17, 15) is 0 Å². The van der Waals surface area contributed by atoms with Crippen molar-refractivity contribution < 1.29 is 0 Å². The molecule has 0 amide bonds. The molecule has 0 aromatic carbocycles. The van der Waals surface area contributed by atoms with E-state index in [1.54, 1.807) is 0 Å². The highest BCUT2D eigenvalue weighted by Gasteiger charge is 2.15. The van der Waals surface area contributed by atoms with Crippen LogP contribution in [0.3, 0.4) is 0 Å². The number of likely N-dealkylation sites (tertiary alicyclic amines) is 1. The average molecular weight is 187 g/mol. The normalized spacial score (nSPS) is 22.5. The third-order valence-corrected chi connectivity index (χ3v) is 3.70. The smallest absolute Gasteiger partial charge is 0.0158 e. The van der Waals surface area contributed by atoms with Crippen molar-refractivity contribution in [2.45, 2.75) is 39.2 Å². The Labute approximate surface area is 80.9 Å². The summed E-state index contributed by atoms with van der Waals surface area (Å²) in [5.41, 5.74) is 0. The lowest BCUT2D eigenvalue weighted by Gasteiger charge is -2.32. The van der Waals surface area contributed by atoms with Crippen LogP contribution in [0.1, 0.15) is 33.1 Å². The van der Waals surface area contributed by atoms with Gasteiger partial charge in [0.05, 0.1) is 0 Å². The Morgan fingerprint density at radius 1 is 1.25 bits per heavy atom. The molecule has 1 aliphatic heterocycles. The molecular formula is C10H21NS. The van der Waals surface area contributed by atoms with Gasteiger partial charge in [0.1, 0.15) is 0 Å². The van der Waals surface area contributed by atoms with Crippen molar-refractivity contribution in [3.8, 4) is 0 Å². The van der Waals surface area contributed by atoms with Gasteiger partial charge in [-0.15, -0.1) is 0 Å². The van der Waals surface area contributed by atoms with E-state index in [4.69, 9.17) is 0 Å². The van der Waals surface area contributed by atoms with Crippen LogP contribution >= 0.6 is 11.8 Å². The minimum Gasteiger partial charge on any atom is -0.300 e. The molecule has 0 bridgehead atoms. The third-order valence-electron chi connectivity index (χ3n) is 2.58. The van der Waals surface area contributed by atoms with Gasteiger partial charge in [0.15, 0.2) is 0 Å². The van der Waals surface area contributed by atoms with Gasteiger partial charge in [-0.3, -0.25) is 4.90 Å². The van der Waals surface area contributed by atoms with Crippen LogP contribution in [0.5, 0.6) is 0 Å². The molecule has 0 radical (unpaired) electrons. The van der Waals surface area contributed by atoms with Gasteiger partial charge in [0.2, 0.25) is 0 Å². The van der Waals surface area contributed by atoms with Crippen molar-refractivity contribution in [2.24, 2.45) is 0 Å². The molecule has 0 spiro atoms. The molecule has 72 valence electrons. The minimum absolute atomic E-state index is 0.801. The molecule has 1 heterocycles. The molecule has 1 fully saturated rings.